The van der Waals surface area contributed by atoms with Crippen molar-refractivity contribution in [3.63, 3.8) is 0 Å². The smallest absolute Gasteiger partial charge is 0.335 e. The van der Waals surface area contributed by atoms with Crippen molar-refractivity contribution in [3.05, 3.63) is 100 Å². The van der Waals surface area contributed by atoms with Gasteiger partial charge in [-0.25, -0.2) is 9.79 Å². The van der Waals surface area contributed by atoms with Crippen molar-refractivity contribution < 1.29 is 19.4 Å². The van der Waals surface area contributed by atoms with Crippen LogP contribution in [0, 0.1) is 0 Å². The highest BCUT2D eigenvalue weighted by molar-refractivity contribution is 8.18. The predicted octanol–water partition coefficient (Wildman–Crippen LogP) is 5.20. The number of hydrogen-bond donors (Lipinski definition) is 1. The van der Waals surface area contributed by atoms with Gasteiger partial charge in [-0.05, 0) is 47.7 Å². The van der Waals surface area contributed by atoms with Crippen LogP contribution in [0.25, 0.3) is 6.08 Å². The van der Waals surface area contributed by atoms with Crippen molar-refractivity contribution >= 4 is 40.6 Å². The molecular weight excluding hydrogens is 424 g/mol. The summed E-state index contributed by atoms with van der Waals surface area (Å²) < 4.78 is 5.99. The largest absolute Gasteiger partial charge is 0.488 e. The Morgan fingerprint density at radius 1 is 1.06 bits per heavy atom. The first kappa shape index (κ1) is 21.4. The van der Waals surface area contributed by atoms with E-state index in [1.54, 1.807) is 25.3 Å². The molecule has 1 amide bonds. The third-order valence-corrected chi connectivity index (χ3v) is 5.82. The zero-order chi connectivity index (χ0) is 22.5. The van der Waals surface area contributed by atoms with E-state index in [-0.39, 0.29) is 11.5 Å². The van der Waals surface area contributed by atoms with Gasteiger partial charge in [-0.1, -0.05) is 54.6 Å². The SMILES string of the molecule is CN1C(=O)C(=Cc2ccccc2OCc2ccccc2)SC1=Nc1cccc(C(=O)O)c1. The van der Waals surface area contributed by atoms with E-state index in [0.29, 0.717) is 28.1 Å². The minimum atomic E-state index is -1.02. The highest BCUT2D eigenvalue weighted by Crippen LogP contribution is 2.35. The van der Waals surface area contributed by atoms with Gasteiger partial charge in [0.15, 0.2) is 5.17 Å². The van der Waals surface area contributed by atoms with Crippen LogP contribution in [0.4, 0.5) is 5.69 Å². The number of carbonyl (C=O) groups excluding carboxylic acids is 1. The van der Waals surface area contributed by atoms with Crippen LogP contribution in [0.5, 0.6) is 5.75 Å². The molecule has 1 aliphatic rings. The van der Waals surface area contributed by atoms with Crippen LogP contribution < -0.4 is 4.74 Å². The number of para-hydroxylation sites is 1. The Hall–Kier alpha value is -3.84. The van der Waals surface area contributed by atoms with Crippen molar-refractivity contribution in [2.45, 2.75) is 6.61 Å². The zero-order valence-electron chi connectivity index (χ0n) is 17.3. The Kier molecular flexibility index (Phi) is 6.37. The Balaban J connectivity index is 1.57. The number of amidine groups is 1. The van der Waals surface area contributed by atoms with Gasteiger partial charge in [0, 0.05) is 12.6 Å². The summed E-state index contributed by atoms with van der Waals surface area (Å²) in [5.41, 5.74) is 2.46. The molecule has 1 saturated heterocycles. The molecule has 0 atom stereocenters. The lowest BCUT2D eigenvalue weighted by Gasteiger charge is -2.09. The molecule has 0 radical (unpaired) electrons. The van der Waals surface area contributed by atoms with Crippen LogP contribution in [0.2, 0.25) is 0 Å². The molecule has 0 aliphatic carbocycles. The number of thioether (sulfide) groups is 1. The standard InChI is InChI=1S/C25H20N2O4S/c1-27-23(28)22(32-25(27)26-20-12-7-11-19(14-20)24(29)30)15-18-10-5-6-13-21(18)31-16-17-8-3-2-4-9-17/h2-15H,16H2,1H3,(H,29,30). The van der Waals surface area contributed by atoms with Gasteiger partial charge in [0.25, 0.3) is 5.91 Å². The Morgan fingerprint density at radius 2 is 1.81 bits per heavy atom. The molecule has 1 fully saturated rings. The first-order valence-electron chi connectivity index (χ1n) is 9.86. The van der Waals surface area contributed by atoms with Crippen LogP contribution in [-0.2, 0) is 11.4 Å². The van der Waals surface area contributed by atoms with E-state index in [1.807, 2.05) is 54.6 Å². The van der Waals surface area contributed by atoms with Gasteiger partial charge in [-0.2, -0.15) is 0 Å². The summed E-state index contributed by atoms with van der Waals surface area (Å²) in [6.45, 7) is 0.425. The summed E-state index contributed by atoms with van der Waals surface area (Å²) in [7, 11) is 1.65. The summed E-state index contributed by atoms with van der Waals surface area (Å²) in [5, 5.41) is 9.65. The number of aliphatic imine (C=N–C) groups is 1. The number of likely N-dealkylation sites (N-methyl/N-ethyl adjacent to an activating group) is 1. The second kappa shape index (κ2) is 9.53. The summed E-state index contributed by atoms with van der Waals surface area (Å²) in [6.07, 6.45) is 1.79. The van der Waals surface area contributed by atoms with Gasteiger partial charge < -0.3 is 9.84 Å². The molecule has 1 aliphatic heterocycles. The van der Waals surface area contributed by atoms with Crippen LogP contribution in [-0.4, -0.2) is 34.1 Å². The van der Waals surface area contributed by atoms with Crippen molar-refractivity contribution in [1.29, 1.82) is 0 Å². The number of carbonyl (C=O) groups is 2. The Morgan fingerprint density at radius 3 is 2.59 bits per heavy atom. The molecule has 0 aromatic heterocycles. The third-order valence-electron chi connectivity index (χ3n) is 4.76. The second-order valence-corrected chi connectivity index (χ2v) is 8.05. The monoisotopic (exact) mass is 444 g/mol. The van der Waals surface area contributed by atoms with Gasteiger partial charge >= 0.3 is 5.97 Å². The molecule has 1 N–H and O–H groups in total. The van der Waals surface area contributed by atoms with Crippen LogP contribution >= 0.6 is 11.8 Å². The molecule has 1 heterocycles. The third kappa shape index (κ3) is 4.90. The van der Waals surface area contributed by atoms with Crippen LogP contribution in [0.15, 0.2) is 88.8 Å². The fraction of sp³-hybridized carbons (Fsp3) is 0.0800. The lowest BCUT2D eigenvalue weighted by atomic mass is 10.2. The van der Waals surface area contributed by atoms with E-state index in [2.05, 4.69) is 4.99 Å². The number of ether oxygens (including phenoxy) is 1. The highest BCUT2D eigenvalue weighted by Gasteiger charge is 2.30. The number of benzene rings is 3. The normalized spacial score (nSPS) is 16.0. The number of carboxylic acid groups (broad SMARTS) is 1. The summed E-state index contributed by atoms with van der Waals surface area (Å²) in [5.74, 6) is -0.524. The van der Waals surface area contributed by atoms with Crippen molar-refractivity contribution in [2.75, 3.05) is 7.05 Å². The number of carboxylic acids is 1. The molecule has 0 bridgehead atoms. The van der Waals surface area contributed by atoms with Gasteiger partial charge in [0.1, 0.15) is 12.4 Å². The van der Waals surface area contributed by atoms with Gasteiger partial charge in [0.05, 0.1) is 16.2 Å². The van der Waals surface area contributed by atoms with Gasteiger partial charge in [-0.3, -0.25) is 9.69 Å². The van der Waals surface area contributed by atoms with E-state index in [9.17, 15) is 14.7 Å². The lowest BCUT2D eigenvalue weighted by molar-refractivity contribution is -0.121. The second-order valence-electron chi connectivity index (χ2n) is 7.04. The summed E-state index contributed by atoms with van der Waals surface area (Å²) >= 11 is 1.24. The number of nitrogens with zero attached hydrogens (tertiary/aromatic N) is 2. The van der Waals surface area contributed by atoms with E-state index in [4.69, 9.17) is 4.74 Å². The zero-order valence-corrected chi connectivity index (χ0v) is 18.1. The minimum absolute atomic E-state index is 0.143. The predicted molar refractivity (Wildman–Crippen MR) is 126 cm³/mol. The highest BCUT2D eigenvalue weighted by atomic mass is 32.2. The maximum absolute atomic E-state index is 12.8. The fourth-order valence-corrected chi connectivity index (χ4v) is 4.06. The van der Waals surface area contributed by atoms with Crippen molar-refractivity contribution in [2.24, 2.45) is 4.99 Å². The Bertz CT molecular complexity index is 1220. The fourth-order valence-electron chi connectivity index (χ4n) is 3.08. The molecule has 32 heavy (non-hydrogen) atoms. The van der Waals surface area contributed by atoms with E-state index in [0.717, 1.165) is 11.1 Å². The lowest BCUT2D eigenvalue weighted by Crippen LogP contribution is -2.23. The molecule has 6 nitrogen and oxygen atoms in total. The first-order chi connectivity index (χ1) is 15.5. The quantitative estimate of drug-likeness (QED) is 0.529. The number of rotatable bonds is 6. The van der Waals surface area contributed by atoms with E-state index >= 15 is 0 Å². The van der Waals surface area contributed by atoms with E-state index in [1.165, 1.54) is 28.8 Å². The summed E-state index contributed by atoms with van der Waals surface area (Å²) in [4.78, 5) is 30.4. The minimum Gasteiger partial charge on any atom is -0.488 e. The van der Waals surface area contributed by atoms with Crippen molar-refractivity contribution in [3.8, 4) is 5.75 Å². The average Bonchev–Trinajstić information content (AvgIpc) is 3.07. The molecule has 0 spiro atoms. The molecule has 160 valence electrons. The molecule has 0 unspecified atom stereocenters. The number of amides is 1. The molecule has 0 saturated carbocycles. The summed E-state index contributed by atoms with van der Waals surface area (Å²) in [6, 6.07) is 23.7. The van der Waals surface area contributed by atoms with E-state index < -0.39 is 5.97 Å². The van der Waals surface area contributed by atoms with Gasteiger partial charge in [0.2, 0.25) is 0 Å². The van der Waals surface area contributed by atoms with Gasteiger partial charge in [-0.15, -0.1) is 0 Å². The molecule has 3 aromatic rings. The Labute approximate surface area is 189 Å². The van der Waals surface area contributed by atoms with Crippen molar-refractivity contribution in [1.82, 2.24) is 4.90 Å². The molecular formula is C25H20N2O4S. The first-order valence-corrected chi connectivity index (χ1v) is 10.7. The topological polar surface area (TPSA) is 79.2 Å². The molecule has 3 aromatic carbocycles. The average molecular weight is 445 g/mol. The molecule has 7 heteroatoms. The number of aromatic carboxylic acids is 1. The van der Waals surface area contributed by atoms with Crippen LogP contribution in [0.1, 0.15) is 21.5 Å². The van der Waals surface area contributed by atoms with Crippen LogP contribution in [0.3, 0.4) is 0 Å². The maximum Gasteiger partial charge on any atom is 0.335 e. The molecule has 4 rings (SSSR count). The number of hydrogen-bond acceptors (Lipinski definition) is 5. The maximum atomic E-state index is 12.8.